The predicted octanol–water partition coefficient (Wildman–Crippen LogP) is 4.17. The van der Waals surface area contributed by atoms with Crippen LogP contribution >= 0.6 is 11.3 Å². The van der Waals surface area contributed by atoms with Crippen LogP contribution in [0.15, 0.2) is 12.1 Å². The lowest BCUT2D eigenvalue weighted by atomic mass is 9.95. The molecule has 0 saturated heterocycles. The molecule has 3 heteroatoms. The smallest absolute Gasteiger partial charge is 0.0564 e. The van der Waals surface area contributed by atoms with Crippen molar-refractivity contribution < 1.29 is 0 Å². The van der Waals surface area contributed by atoms with Crippen molar-refractivity contribution in [2.45, 2.75) is 58.9 Å². The zero-order valence-electron chi connectivity index (χ0n) is 13.2. The molecule has 0 aliphatic carbocycles. The van der Waals surface area contributed by atoms with E-state index in [0.29, 0.717) is 12.6 Å². The molecule has 0 radical (unpaired) electrons. The summed E-state index contributed by atoms with van der Waals surface area (Å²) in [6, 6.07) is 4.95. The zero-order valence-corrected chi connectivity index (χ0v) is 14.0. The van der Waals surface area contributed by atoms with Gasteiger partial charge in [0.15, 0.2) is 0 Å². The second-order valence-electron chi connectivity index (χ2n) is 6.24. The van der Waals surface area contributed by atoms with Crippen LogP contribution in [0.4, 0.5) is 0 Å². The van der Waals surface area contributed by atoms with Gasteiger partial charge in [0.25, 0.3) is 0 Å². The Hall–Kier alpha value is -0.380. The van der Waals surface area contributed by atoms with E-state index >= 15 is 0 Å². The first kappa shape index (κ1) is 16.7. The van der Waals surface area contributed by atoms with Gasteiger partial charge in [-0.25, -0.2) is 0 Å². The Balaban J connectivity index is 2.91. The molecule has 0 fully saturated rings. The highest BCUT2D eigenvalue weighted by atomic mass is 32.1. The summed E-state index contributed by atoms with van der Waals surface area (Å²) in [4.78, 5) is 5.42. The molecule has 19 heavy (non-hydrogen) atoms. The van der Waals surface area contributed by atoms with E-state index in [1.807, 2.05) is 11.3 Å². The van der Waals surface area contributed by atoms with E-state index in [2.05, 4.69) is 51.7 Å². The molecule has 0 bridgehead atoms. The quantitative estimate of drug-likeness (QED) is 0.813. The molecule has 1 unspecified atom stereocenters. The summed E-state index contributed by atoms with van der Waals surface area (Å²) in [5.41, 5.74) is 6.29. The first-order valence-electron chi connectivity index (χ1n) is 7.48. The average molecular weight is 282 g/mol. The van der Waals surface area contributed by atoms with Gasteiger partial charge in [-0.2, -0.15) is 0 Å². The van der Waals surface area contributed by atoms with Crippen molar-refractivity contribution in [1.29, 1.82) is 0 Å². The first-order chi connectivity index (χ1) is 8.93. The molecule has 1 aromatic heterocycles. The topological polar surface area (TPSA) is 29.3 Å². The van der Waals surface area contributed by atoms with Crippen molar-refractivity contribution in [1.82, 2.24) is 4.90 Å². The third kappa shape index (κ3) is 4.59. The Bertz CT molecular complexity index is 359. The maximum absolute atomic E-state index is 6.05. The number of rotatable bonds is 7. The molecule has 1 rings (SSSR count). The molecule has 110 valence electrons. The van der Waals surface area contributed by atoms with Crippen LogP contribution in [0, 0.1) is 0 Å². The minimum absolute atomic E-state index is 0.238. The minimum atomic E-state index is 0.238. The van der Waals surface area contributed by atoms with Gasteiger partial charge in [0.05, 0.1) is 6.04 Å². The monoisotopic (exact) mass is 282 g/mol. The molecule has 2 N–H and O–H groups in total. The molecular formula is C16H30N2S. The third-order valence-corrected chi connectivity index (χ3v) is 4.99. The van der Waals surface area contributed by atoms with Gasteiger partial charge >= 0.3 is 0 Å². The van der Waals surface area contributed by atoms with Crippen LogP contribution in [0.25, 0.3) is 0 Å². The van der Waals surface area contributed by atoms with Gasteiger partial charge < -0.3 is 5.73 Å². The van der Waals surface area contributed by atoms with E-state index in [1.54, 1.807) is 0 Å². The lowest BCUT2D eigenvalue weighted by Crippen LogP contribution is -2.34. The number of hydrogen-bond acceptors (Lipinski definition) is 3. The number of hydrogen-bond donors (Lipinski definition) is 1. The Morgan fingerprint density at radius 1 is 1.16 bits per heavy atom. The summed E-state index contributed by atoms with van der Waals surface area (Å²) in [6.07, 6.45) is 2.38. The zero-order chi connectivity index (χ0) is 14.5. The summed E-state index contributed by atoms with van der Waals surface area (Å²) < 4.78 is 0. The Kier molecular flexibility index (Phi) is 6.51. The van der Waals surface area contributed by atoms with Crippen molar-refractivity contribution in [2.75, 3.05) is 19.6 Å². The van der Waals surface area contributed by atoms with Gasteiger partial charge in [0.2, 0.25) is 0 Å². The fraction of sp³-hybridized carbons (Fsp3) is 0.750. The SMILES string of the molecule is CCCN(CCC)C(CN)c1ccc(C(C)(C)C)s1. The third-order valence-electron chi connectivity index (χ3n) is 3.38. The second-order valence-corrected chi connectivity index (χ2v) is 7.35. The maximum Gasteiger partial charge on any atom is 0.0564 e. The van der Waals surface area contributed by atoms with Crippen molar-refractivity contribution in [3.63, 3.8) is 0 Å². The van der Waals surface area contributed by atoms with Gasteiger partial charge in [-0.15, -0.1) is 11.3 Å². The molecule has 0 aromatic carbocycles. The molecule has 2 nitrogen and oxygen atoms in total. The highest BCUT2D eigenvalue weighted by Crippen LogP contribution is 2.34. The fourth-order valence-corrected chi connectivity index (χ4v) is 3.59. The van der Waals surface area contributed by atoms with E-state index in [0.717, 1.165) is 13.1 Å². The van der Waals surface area contributed by atoms with Gasteiger partial charge in [-0.05, 0) is 43.5 Å². The van der Waals surface area contributed by atoms with E-state index in [-0.39, 0.29) is 5.41 Å². The molecule has 1 heterocycles. The van der Waals surface area contributed by atoms with Crippen molar-refractivity contribution in [3.8, 4) is 0 Å². The van der Waals surface area contributed by atoms with Crippen LogP contribution in [0.2, 0.25) is 0 Å². The largest absolute Gasteiger partial charge is 0.329 e. The highest BCUT2D eigenvalue weighted by molar-refractivity contribution is 7.12. The maximum atomic E-state index is 6.05. The van der Waals surface area contributed by atoms with Crippen LogP contribution in [0.5, 0.6) is 0 Å². The second kappa shape index (κ2) is 7.41. The average Bonchev–Trinajstić information content (AvgIpc) is 2.80. The summed E-state index contributed by atoms with van der Waals surface area (Å²) in [5.74, 6) is 0. The summed E-state index contributed by atoms with van der Waals surface area (Å²) in [7, 11) is 0. The summed E-state index contributed by atoms with van der Waals surface area (Å²) >= 11 is 1.93. The standard InChI is InChI=1S/C16H30N2S/c1-6-10-18(11-7-2)13(12-17)14-8-9-15(19-14)16(3,4)5/h8-9,13H,6-7,10-12,17H2,1-5H3. The van der Waals surface area contributed by atoms with Crippen LogP contribution in [0.1, 0.15) is 63.3 Å². The Morgan fingerprint density at radius 2 is 1.74 bits per heavy atom. The van der Waals surface area contributed by atoms with E-state index < -0.39 is 0 Å². The summed E-state index contributed by atoms with van der Waals surface area (Å²) in [6.45, 7) is 14.3. The van der Waals surface area contributed by atoms with Gasteiger partial charge in [0, 0.05) is 16.3 Å². The molecule has 0 aliphatic rings. The molecule has 0 spiro atoms. The van der Waals surface area contributed by atoms with Crippen molar-refractivity contribution in [3.05, 3.63) is 21.9 Å². The normalized spacial score (nSPS) is 14.1. The number of nitrogens with two attached hydrogens (primary N) is 1. The molecular weight excluding hydrogens is 252 g/mol. The van der Waals surface area contributed by atoms with Gasteiger partial charge in [0.1, 0.15) is 0 Å². The highest BCUT2D eigenvalue weighted by Gasteiger charge is 2.22. The van der Waals surface area contributed by atoms with Gasteiger partial charge in [-0.1, -0.05) is 34.6 Å². The van der Waals surface area contributed by atoms with Crippen molar-refractivity contribution in [2.24, 2.45) is 5.73 Å². The predicted molar refractivity (Wildman–Crippen MR) is 87.0 cm³/mol. The van der Waals surface area contributed by atoms with Crippen molar-refractivity contribution >= 4 is 11.3 Å². The van der Waals surface area contributed by atoms with E-state index in [9.17, 15) is 0 Å². The molecule has 1 atom stereocenters. The van der Waals surface area contributed by atoms with Crippen LogP contribution in [-0.4, -0.2) is 24.5 Å². The van der Waals surface area contributed by atoms with Crippen LogP contribution in [0.3, 0.4) is 0 Å². The first-order valence-corrected chi connectivity index (χ1v) is 8.30. The molecule has 1 aromatic rings. The van der Waals surface area contributed by atoms with Crippen LogP contribution < -0.4 is 5.73 Å². The Labute approximate surface area is 123 Å². The number of thiophene rings is 1. The number of nitrogens with zero attached hydrogens (tertiary/aromatic N) is 1. The lowest BCUT2D eigenvalue weighted by molar-refractivity contribution is 0.205. The van der Waals surface area contributed by atoms with Gasteiger partial charge in [-0.3, -0.25) is 4.90 Å². The molecule has 0 aliphatic heterocycles. The minimum Gasteiger partial charge on any atom is -0.329 e. The van der Waals surface area contributed by atoms with E-state index in [4.69, 9.17) is 5.73 Å². The molecule has 0 saturated carbocycles. The molecule has 0 amide bonds. The lowest BCUT2D eigenvalue weighted by Gasteiger charge is -2.29. The van der Waals surface area contributed by atoms with E-state index in [1.165, 1.54) is 22.6 Å². The van der Waals surface area contributed by atoms with Crippen LogP contribution in [-0.2, 0) is 5.41 Å². The fourth-order valence-electron chi connectivity index (χ4n) is 2.38. The Morgan fingerprint density at radius 3 is 2.11 bits per heavy atom. The summed E-state index contributed by atoms with van der Waals surface area (Å²) in [5, 5.41) is 0.